The molecule has 0 aromatic heterocycles. The number of methoxy groups -OCH3 is 1. The minimum atomic E-state index is -0.464. The molecule has 1 N–H and O–H groups in total. The lowest BCUT2D eigenvalue weighted by Gasteiger charge is -2.16. The lowest BCUT2D eigenvalue weighted by Crippen LogP contribution is -2.30. The molecule has 0 radical (unpaired) electrons. The van der Waals surface area contributed by atoms with E-state index in [1.54, 1.807) is 24.3 Å². The highest BCUT2D eigenvalue weighted by molar-refractivity contribution is 5.77. The third kappa shape index (κ3) is 3.96. The maximum Gasteiger partial charge on any atom is 0.410 e. The van der Waals surface area contributed by atoms with Gasteiger partial charge < -0.3 is 19.5 Å². The molecule has 0 saturated carbocycles. The number of aromatic hydroxyl groups is 1. The summed E-state index contributed by atoms with van der Waals surface area (Å²) in [5.74, 6) is -0.872. The van der Waals surface area contributed by atoms with Crippen LogP contribution in [0.25, 0.3) is 0 Å². The van der Waals surface area contributed by atoms with Gasteiger partial charge >= 0.3 is 12.1 Å². The molecule has 2 aromatic rings. The highest BCUT2D eigenvalue weighted by Crippen LogP contribution is 2.34. The fourth-order valence-corrected chi connectivity index (χ4v) is 3.21. The number of likely N-dealkylation sites (tertiary alicyclic amines) is 1. The zero-order valence-electron chi connectivity index (χ0n) is 14.5. The molecule has 1 amide bonds. The maximum atomic E-state index is 12.4. The Balaban J connectivity index is 1.70. The van der Waals surface area contributed by atoms with Crippen LogP contribution in [-0.2, 0) is 20.9 Å². The van der Waals surface area contributed by atoms with Crippen LogP contribution in [0.2, 0.25) is 0 Å². The average Bonchev–Trinajstić information content (AvgIpc) is 3.12. The second-order valence-corrected chi connectivity index (χ2v) is 6.27. The Morgan fingerprint density at radius 1 is 1.08 bits per heavy atom. The molecule has 1 aliphatic heterocycles. The summed E-state index contributed by atoms with van der Waals surface area (Å²) in [6, 6.07) is 16.1. The summed E-state index contributed by atoms with van der Waals surface area (Å²) in [6.45, 7) is 0.785. The van der Waals surface area contributed by atoms with E-state index in [0.29, 0.717) is 6.54 Å². The van der Waals surface area contributed by atoms with Crippen molar-refractivity contribution in [2.75, 3.05) is 20.2 Å². The van der Waals surface area contributed by atoms with Gasteiger partial charge in [-0.05, 0) is 23.3 Å². The Hall–Kier alpha value is -3.02. The minimum Gasteiger partial charge on any atom is -0.508 e. The van der Waals surface area contributed by atoms with Crippen LogP contribution in [0.5, 0.6) is 5.75 Å². The van der Waals surface area contributed by atoms with E-state index in [2.05, 4.69) is 0 Å². The largest absolute Gasteiger partial charge is 0.508 e. The van der Waals surface area contributed by atoms with Gasteiger partial charge in [0.15, 0.2) is 0 Å². The number of carbonyl (C=O) groups is 2. The average molecular weight is 355 g/mol. The quantitative estimate of drug-likeness (QED) is 0.854. The van der Waals surface area contributed by atoms with E-state index in [1.165, 1.54) is 12.0 Å². The summed E-state index contributed by atoms with van der Waals surface area (Å²) in [5, 5.41) is 9.46. The molecule has 3 rings (SSSR count). The van der Waals surface area contributed by atoms with E-state index in [0.717, 1.165) is 11.1 Å². The number of benzene rings is 2. The number of nitrogens with zero attached hydrogens (tertiary/aromatic N) is 1. The number of hydrogen-bond acceptors (Lipinski definition) is 5. The summed E-state index contributed by atoms with van der Waals surface area (Å²) < 4.78 is 10.3. The number of ether oxygens (including phenoxy) is 2. The molecule has 6 nitrogen and oxygen atoms in total. The molecule has 0 spiro atoms. The van der Waals surface area contributed by atoms with Crippen molar-refractivity contribution in [1.82, 2.24) is 4.90 Å². The molecule has 0 bridgehead atoms. The molecular weight excluding hydrogens is 334 g/mol. The molecule has 6 heteroatoms. The van der Waals surface area contributed by atoms with Crippen molar-refractivity contribution in [3.63, 3.8) is 0 Å². The van der Waals surface area contributed by atoms with Gasteiger partial charge in [0.25, 0.3) is 0 Å². The van der Waals surface area contributed by atoms with Crippen LogP contribution >= 0.6 is 0 Å². The number of carbonyl (C=O) groups excluding carboxylic acids is 2. The molecule has 0 aliphatic carbocycles. The molecule has 1 fully saturated rings. The molecule has 1 aliphatic rings. The van der Waals surface area contributed by atoms with E-state index < -0.39 is 12.0 Å². The zero-order valence-corrected chi connectivity index (χ0v) is 14.5. The summed E-state index contributed by atoms with van der Waals surface area (Å²) in [5.41, 5.74) is 1.77. The minimum absolute atomic E-state index is 0.153. The first-order valence-corrected chi connectivity index (χ1v) is 8.41. The van der Waals surface area contributed by atoms with Crippen molar-refractivity contribution in [3.05, 3.63) is 65.7 Å². The third-order valence-electron chi connectivity index (χ3n) is 4.61. The van der Waals surface area contributed by atoms with Crippen molar-refractivity contribution in [2.45, 2.75) is 12.5 Å². The normalized spacial score (nSPS) is 19.2. The van der Waals surface area contributed by atoms with E-state index in [1.807, 2.05) is 30.3 Å². The van der Waals surface area contributed by atoms with Gasteiger partial charge in [-0.1, -0.05) is 42.5 Å². The number of rotatable bonds is 4. The number of phenols is 1. The maximum absolute atomic E-state index is 12.4. The molecule has 136 valence electrons. The van der Waals surface area contributed by atoms with E-state index >= 15 is 0 Å². The molecule has 0 unspecified atom stereocenters. The van der Waals surface area contributed by atoms with Gasteiger partial charge in [0.2, 0.25) is 0 Å². The number of amides is 1. The highest BCUT2D eigenvalue weighted by atomic mass is 16.6. The van der Waals surface area contributed by atoms with Crippen LogP contribution in [0, 0.1) is 5.92 Å². The molecular formula is C20H21NO5. The fourth-order valence-electron chi connectivity index (χ4n) is 3.21. The van der Waals surface area contributed by atoms with Crippen molar-refractivity contribution in [1.29, 1.82) is 0 Å². The summed E-state index contributed by atoms with van der Waals surface area (Å²) >= 11 is 0. The number of esters is 1. The van der Waals surface area contributed by atoms with E-state index in [-0.39, 0.29) is 30.8 Å². The zero-order chi connectivity index (χ0) is 18.5. The first kappa shape index (κ1) is 17.8. The third-order valence-corrected chi connectivity index (χ3v) is 4.61. The molecule has 26 heavy (non-hydrogen) atoms. The summed E-state index contributed by atoms with van der Waals surface area (Å²) in [4.78, 5) is 26.1. The molecule has 2 atom stereocenters. The van der Waals surface area contributed by atoms with Crippen molar-refractivity contribution in [2.24, 2.45) is 5.92 Å². The Morgan fingerprint density at radius 2 is 1.77 bits per heavy atom. The SMILES string of the molecule is COC(=O)[C@@H]1CN(C(=O)OCc2ccccc2)C[C@H]1c1ccc(O)cc1. The van der Waals surface area contributed by atoms with Crippen LogP contribution in [0.15, 0.2) is 54.6 Å². The van der Waals surface area contributed by atoms with Crippen LogP contribution in [0.4, 0.5) is 4.79 Å². The van der Waals surface area contributed by atoms with Crippen molar-refractivity contribution >= 4 is 12.1 Å². The summed E-state index contributed by atoms with van der Waals surface area (Å²) in [7, 11) is 1.34. The van der Waals surface area contributed by atoms with E-state index in [9.17, 15) is 14.7 Å². The molecule has 1 saturated heterocycles. The first-order valence-electron chi connectivity index (χ1n) is 8.41. The van der Waals surface area contributed by atoms with Gasteiger partial charge in [-0.15, -0.1) is 0 Å². The van der Waals surface area contributed by atoms with Gasteiger partial charge in [-0.25, -0.2) is 4.79 Å². The summed E-state index contributed by atoms with van der Waals surface area (Å²) in [6.07, 6.45) is -0.455. The van der Waals surface area contributed by atoms with Crippen LogP contribution < -0.4 is 0 Å². The van der Waals surface area contributed by atoms with Crippen LogP contribution in [0.3, 0.4) is 0 Å². The van der Waals surface area contributed by atoms with Gasteiger partial charge in [0.1, 0.15) is 12.4 Å². The lowest BCUT2D eigenvalue weighted by atomic mass is 9.89. The number of hydrogen-bond donors (Lipinski definition) is 1. The fraction of sp³-hybridized carbons (Fsp3) is 0.300. The lowest BCUT2D eigenvalue weighted by molar-refractivity contribution is -0.145. The molecule has 2 aromatic carbocycles. The van der Waals surface area contributed by atoms with Crippen molar-refractivity contribution in [3.8, 4) is 5.75 Å². The Kier molecular flexibility index (Phi) is 5.41. The van der Waals surface area contributed by atoms with E-state index in [4.69, 9.17) is 9.47 Å². The number of phenolic OH excluding ortho intramolecular Hbond substituents is 1. The van der Waals surface area contributed by atoms with Gasteiger partial charge in [-0.2, -0.15) is 0 Å². The predicted octanol–water partition coefficient (Wildman–Crippen LogP) is 2.92. The second kappa shape index (κ2) is 7.91. The predicted molar refractivity (Wildman–Crippen MR) is 94.6 cm³/mol. The second-order valence-electron chi connectivity index (χ2n) is 6.27. The Morgan fingerprint density at radius 3 is 2.42 bits per heavy atom. The van der Waals surface area contributed by atoms with Gasteiger partial charge in [0, 0.05) is 19.0 Å². The standard InChI is InChI=1S/C20H21NO5/c1-25-19(23)18-12-21(11-17(18)15-7-9-16(22)10-8-15)20(24)26-13-14-5-3-2-4-6-14/h2-10,17-18,22H,11-13H2,1H3/t17-,18+/m0/s1. The van der Waals surface area contributed by atoms with Crippen LogP contribution in [0.1, 0.15) is 17.0 Å². The first-order chi connectivity index (χ1) is 12.6. The van der Waals surface area contributed by atoms with Gasteiger partial charge in [-0.3, -0.25) is 4.79 Å². The van der Waals surface area contributed by atoms with Crippen molar-refractivity contribution < 1.29 is 24.2 Å². The topological polar surface area (TPSA) is 76.1 Å². The Labute approximate surface area is 152 Å². The van der Waals surface area contributed by atoms with Crippen LogP contribution in [-0.4, -0.2) is 42.3 Å². The monoisotopic (exact) mass is 355 g/mol. The smallest absolute Gasteiger partial charge is 0.410 e. The Bertz CT molecular complexity index is 760. The molecule has 1 heterocycles. The van der Waals surface area contributed by atoms with Gasteiger partial charge in [0.05, 0.1) is 13.0 Å². The highest BCUT2D eigenvalue weighted by Gasteiger charge is 2.41.